The van der Waals surface area contributed by atoms with Crippen molar-refractivity contribution < 1.29 is 22.7 Å². The molecule has 8 rings (SSSR count). The topological polar surface area (TPSA) is 133 Å². The Kier molecular flexibility index (Phi) is 7.77. The minimum atomic E-state index is -4.43. The predicted molar refractivity (Wildman–Crippen MR) is 198 cm³/mol. The number of benzene rings is 4. The summed E-state index contributed by atoms with van der Waals surface area (Å²) in [5.41, 5.74) is 5.71. The minimum absolute atomic E-state index is 0.0903. The molecule has 2 heterocycles. The number of carbonyl (C=O) groups excluding carboxylic acids is 1. The molecule has 4 aromatic carbocycles. The summed E-state index contributed by atoms with van der Waals surface area (Å²) in [7, 11) is -2.39. The number of likely N-dealkylation sites (N-methyl/N-ethyl adjacent to an activating group) is 1. The van der Waals surface area contributed by atoms with Gasteiger partial charge < -0.3 is 4.90 Å². The first-order chi connectivity index (χ1) is 24.3. The van der Waals surface area contributed by atoms with E-state index in [4.69, 9.17) is 0 Å². The van der Waals surface area contributed by atoms with Crippen LogP contribution < -0.4 is 9.91 Å². The van der Waals surface area contributed by atoms with E-state index in [1.165, 1.54) is 95.4 Å². The lowest BCUT2D eigenvalue weighted by molar-refractivity contribution is -0.384. The number of non-ortho nitro benzene ring substituents is 1. The normalized spacial score (nSPS) is 20.7. The van der Waals surface area contributed by atoms with Crippen LogP contribution in [0.4, 0.5) is 17.1 Å². The number of rotatable bonds is 9. The molecule has 0 radical (unpaired) electrons. The quantitative estimate of drug-likeness (QED) is 0.0803. The summed E-state index contributed by atoms with van der Waals surface area (Å²) in [6, 6.07) is 22.3. The summed E-state index contributed by atoms with van der Waals surface area (Å²) in [4.78, 5) is 26.8. The maximum Gasteiger partial charge on any atom is 0.294 e. The number of nitro groups is 1. The van der Waals surface area contributed by atoms with Gasteiger partial charge in [-0.3, -0.25) is 19.5 Å². The Morgan fingerprint density at radius 3 is 2.29 bits per heavy atom. The summed E-state index contributed by atoms with van der Waals surface area (Å²) in [5, 5.41) is 19.7. The molecule has 2 aliphatic carbocycles. The second-order valence-corrected chi connectivity index (χ2v) is 16.1. The van der Waals surface area contributed by atoms with E-state index in [-0.39, 0.29) is 16.2 Å². The van der Waals surface area contributed by atoms with Gasteiger partial charge in [0.2, 0.25) is 0 Å². The molecule has 0 aromatic heterocycles. The smallest absolute Gasteiger partial charge is 0.294 e. The maximum absolute atomic E-state index is 14.1. The molecule has 1 N–H and O–H groups in total. The number of fused-ring (bicyclic) bond motifs is 3. The van der Waals surface area contributed by atoms with Crippen LogP contribution in [0, 0.1) is 22.0 Å². The fourth-order valence-electron chi connectivity index (χ4n) is 8.03. The first kappa shape index (κ1) is 33.0. The molecule has 51 heavy (non-hydrogen) atoms. The summed E-state index contributed by atoms with van der Waals surface area (Å²) in [5.74, 6) is 1.78. The first-order valence-electron chi connectivity index (χ1n) is 17.3. The highest BCUT2D eigenvalue weighted by Crippen LogP contribution is 2.54. The Bertz CT molecular complexity index is 2320. The van der Waals surface area contributed by atoms with E-state index in [0.29, 0.717) is 22.9 Å². The van der Waals surface area contributed by atoms with E-state index in [2.05, 4.69) is 54.2 Å². The van der Waals surface area contributed by atoms with E-state index in [9.17, 15) is 27.9 Å². The zero-order chi connectivity index (χ0) is 35.8. The zero-order valence-corrected chi connectivity index (χ0v) is 29.4. The van der Waals surface area contributed by atoms with Crippen molar-refractivity contribution in [3.63, 3.8) is 0 Å². The highest BCUT2D eigenvalue weighted by Gasteiger charge is 2.42. The number of carbonyl (C=O) groups is 1. The van der Waals surface area contributed by atoms with E-state index in [1.54, 1.807) is 18.2 Å². The van der Waals surface area contributed by atoms with Gasteiger partial charge in [0.1, 0.15) is 5.71 Å². The van der Waals surface area contributed by atoms with Crippen LogP contribution in [0.2, 0.25) is 0 Å². The molecule has 4 aromatic rings. The lowest BCUT2D eigenvalue weighted by atomic mass is 9.78. The highest BCUT2D eigenvalue weighted by atomic mass is 32.2. The summed E-state index contributed by atoms with van der Waals surface area (Å²) in [6.45, 7) is 4.42. The second kappa shape index (κ2) is 12.0. The molecule has 2 aliphatic heterocycles. The summed E-state index contributed by atoms with van der Waals surface area (Å²) < 4.78 is 32.7. The van der Waals surface area contributed by atoms with Crippen molar-refractivity contribution >= 4 is 49.6 Å². The number of nitrogens with zero attached hydrogens (tertiary/aromatic N) is 4. The Morgan fingerprint density at radius 2 is 1.67 bits per heavy atom. The molecular formula is C40H38N4O6S. The van der Waals surface area contributed by atoms with Crippen molar-refractivity contribution in [2.75, 3.05) is 17.0 Å². The third kappa shape index (κ3) is 5.84. The van der Waals surface area contributed by atoms with Gasteiger partial charge in [-0.25, -0.2) is 0 Å². The molecule has 1 atom stereocenters. The van der Waals surface area contributed by atoms with Gasteiger partial charge in [-0.15, -0.1) is 0 Å². The molecule has 2 fully saturated rings. The second-order valence-electron chi connectivity index (χ2n) is 14.7. The zero-order valence-electron chi connectivity index (χ0n) is 28.6. The van der Waals surface area contributed by atoms with Gasteiger partial charge in [0, 0.05) is 41.5 Å². The van der Waals surface area contributed by atoms with Crippen molar-refractivity contribution in [1.29, 1.82) is 0 Å². The van der Waals surface area contributed by atoms with Crippen LogP contribution in [-0.2, 0) is 20.3 Å². The van der Waals surface area contributed by atoms with Crippen LogP contribution in [0.15, 0.2) is 112 Å². The summed E-state index contributed by atoms with van der Waals surface area (Å²) >= 11 is 0. The van der Waals surface area contributed by atoms with Crippen molar-refractivity contribution in [1.82, 2.24) is 0 Å². The Labute approximate surface area is 296 Å². The first-order valence-corrected chi connectivity index (χ1v) is 18.7. The van der Waals surface area contributed by atoms with E-state index >= 15 is 0 Å². The number of amides is 1. The molecule has 4 aliphatic rings. The predicted octanol–water partition coefficient (Wildman–Crippen LogP) is 8.28. The lowest BCUT2D eigenvalue weighted by Crippen LogP contribution is -2.23. The summed E-state index contributed by atoms with van der Waals surface area (Å²) in [6.07, 6.45) is 10.3. The van der Waals surface area contributed by atoms with Gasteiger partial charge in [-0.1, -0.05) is 51.0 Å². The maximum atomic E-state index is 14.1. The number of allylic oxidation sites excluding steroid dienone is 3. The van der Waals surface area contributed by atoms with E-state index in [0.717, 1.165) is 23.2 Å². The largest absolute Gasteiger partial charge is 0.347 e. The van der Waals surface area contributed by atoms with Crippen molar-refractivity contribution in [3.05, 3.63) is 129 Å². The van der Waals surface area contributed by atoms with Crippen LogP contribution in [0.3, 0.4) is 0 Å². The molecule has 0 bridgehead atoms. The third-order valence-electron chi connectivity index (χ3n) is 11.0. The number of anilines is 2. The molecule has 1 amide bonds. The van der Waals surface area contributed by atoms with Crippen molar-refractivity contribution in [3.8, 4) is 0 Å². The number of hydrogen-bond donors (Lipinski definition) is 1. The average Bonchev–Trinajstić information content (AvgIpc) is 4.04. The van der Waals surface area contributed by atoms with Crippen LogP contribution in [0.5, 0.6) is 0 Å². The van der Waals surface area contributed by atoms with Crippen LogP contribution in [-0.4, -0.2) is 36.6 Å². The van der Waals surface area contributed by atoms with Crippen LogP contribution in [0.1, 0.15) is 68.6 Å². The van der Waals surface area contributed by atoms with Crippen molar-refractivity contribution in [2.45, 2.75) is 62.2 Å². The van der Waals surface area contributed by atoms with E-state index < -0.39 is 26.4 Å². The third-order valence-corrected chi connectivity index (χ3v) is 11.8. The Balaban J connectivity index is 1.19. The van der Waals surface area contributed by atoms with Crippen molar-refractivity contribution in [2.24, 2.45) is 16.9 Å². The fraction of sp³-hybridized carbons (Fsp3) is 0.300. The molecular weight excluding hydrogens is 665 g/mol. The number of nitro benzene ring substituents is 1. The lowest BCUT2D eigenvalue weighted by Gasteiger charge is -2.25. The fourth-order valence-corrected chi connectivity index (χ4v) is 8.51. The van der Waals surface area contributed by atoms with Gasteiger partial charge >= 0.3 is 0 Å². The van der Waals surface area contributed by atoms with Gasteiger partial charge in [0.05, 0.1) is 21.1 Å². The number of hydrazone groups is 1. The van der Waals surface area contributed by atoms with Crippen LogP contribution in [0.25, 0.3) is 10.8 Å². The molecule has 260 valence electrons. The van der Waals surface area contributed by atoms with Gasteiger partial charge in [-0.2, -0.15) is 18.5 Å². The molecule has 1 unspecified atom stereocenters. The molecule has 10 nitrogen and oxygen atoms in total. The SMILES string of the molecule is CN1/C(=C/C=C2\C(=O)N(c3ccc(S(=O)(=O)O)cc3)N=C2c2ccc([N+](=O)[O-])cc2)C(C)(C)c2c1ccc1c(C(CC3CC3)C3CC3)cccc21. The molecule has 11 heteroatoms. The Morgan fingerprint density at radius 1 is 0.961 bits per heavy atom. The average molecular weight is 703 g/mol. The minimum Gasteiger partial charge on any atom is -0.347 e. The molecule has 0 spiro atoms. The monoisotopic (exact) mass is 702 g/mol. The van der Waals surface area contributed by atoms with Gasteiger partial charge in [0.15, 0.2) is 0 Å². The van der Waals surface area contributed by atoms with E-state index in [1.807, 2.05) is 13.1 Å². The standard InChI is InChI=1S/C40H38N4O6S/c1-40(2)36(42(3)35-21-19-31-30(5-4-6-32(31)37(35)40)34(25-9-10-25)23-24-7-8-24)22-20-33-38(26-11-13-28(14-12-26)44(46)47)41-43(39(33)45)27-15-17-29(18-16-27)51(48,49)50/h4-6,11-22,24-25,34H,7-10,23H2,1-3H3,(H,48,49,50)/b33-20-,36-22+. The van der Waals surface area contributed by atoms with Crippen LogP contribution >= 0.6 is 0 Å². The Hall–Kier alpha value is -5.13. The van der Waals surface area contributed by atoms with Gasteiger partial charge in [0.25, 0.3) is 21.7 Å². The molecule has 0 saturated heterocycles. The molecule has 2 saturated carbocycles. The number of hydrogen-bond acceptors (Lipinski definition) is 7. The van der Waals surface area contributed by atoms with Gasteiger partial charge in [-0.05, 0) is 114 Å². The highest BCUT2D eigenvalue weighted by molar-refractivity contribution is 7.85.